The monoisotopic (exact) mass is 207 g/mol. The number of nitrogens with zero attached hydrogens (tertiary/aromatic N) is 2. The van der Waals surface area contributed by atoms with Crippen molar-refractivity contribution in [1.82, 2.24) is 15.1 Å². The van der Waals surface area contributed by atoms with Crippen LogP contribution in [-0.2, 0) is 6.54 Å². The van der Waals surface area contributed by atoms with Gasteiger partial charge >= 0.3 is 0 Å². The number of ether oxygens (including phenoxy) is 1. The van der Waals surface area contributed by atoms with Crippen molar-refractivity contribution in [2.24, 2.45) is 0 Å². The zero-order valence-corrected chi connectivity index (χ0v) is 9.29. The van der Waals surface area contributed by atoms with Crippen LogP contribution in [0, 0.1) is 0 Å². The fourth-order valence-corrected chi connectivity index (χ4v) is 1.92. The van der Waals surface area contributed by atoms with Crippen molar-refractivity contribution in [3.63, 3.8) is 0 Å². The molecule has 2 heterocycles. The molecule has 0 aromatic carbocycles. The van der Waals surface area contributed by atoms with Crippen LogP contribution in [0.15, 0.2) is 12.3 Å². The Morgan fingerprint density at radius 2 is 2.47 bits per heavy atom. The lowest BCUT2D eigenvalue weighted by Crippen LogP contribution is -2.21. The zero-order valence-electron chi connectivity index (χ0n) is 9.29. The summed E-state index contributed by atoms with van der Waals surface area (Å²) in [6.07, 6.45) is 5.05. The minimum absolute atomic E-state index is 0.878. The Kier molecular flexibility index (Phi) is 3.06. The number of aromatic nitrogens is 2. The highest BCUT2D eigenvalue weighted by molar-refractivity contribution is 5.68. The van der Waals surface area contributed by atoms with Gasteiger partial charge in [-0.2, -0.15) is 5.10 Å². The smallest absolute Gasteiger partial charge is 0.164 e. The molecule has 1 aliphatic heterocycles. The fraction of sp³-hybridized carbons (Fsp3) is 0.545. The molecule has 0 bridgehead atoms. The molecular weight excluding hydrogens is 190 g/mol. The van der Waals surface area contributed by atoms with Crippen LogP contribution in [0.5, 0.6) is 5.75 Å². The third-order valence-corrected chi connectivity index (χ3v) is 2.69. The third kappa shape index (κ3) is 1.90. The maximum atomic E-state index is 5.34. The van der Waals surface area contributed by atoms with E-state index in [0.29, 0.717) is 0 Å². The summed E-state index contributed by atoms with van der Waals surface area (Å²) >= 11 is 0. The van der Waals surface area contributed by atoms with E-state index in [1.54, 1.807) is 13.3 Å². The van der Waals surface area contributed by atoms with Gasteiger partial charge in [0.05, 0.1) is 13.3 Å². The number of aryl methyl sites for hydroxylation is 1. The van der Waals surface area contributed by atoms with Gasteiger partial charge in [0.2, 0.25) is 0 Å². The first-order valence-electron chi connectivity index (χ1n) is 5.36. The quantitative estimate of drug-likeness (QED) is 0.811. The van der Waals surface area contributed by atoms with Gasteiger partial charge in [-0.1, -0.05) is 6.08 Å². The van der Waals surface area contributed by atoms with E-state index >= 15 is 0 Å². The van der Waals surface area contributed by atoms with E-state index in [-0.39, 0.29) is 0 Å². The lowest BCUT2D eigenvalue weighted by Gasteiger charge is -2.16. The Hall–Kier alpha value is -1.29. The molecule has 0 spiro atoms. The van der Waals surface area contributed by atoms with Crippen LogP contribution in [0.1, 0.15) is 19.0 Å². The summed E-state index contributed by atoms with van der Waals surface area (Å²) in [7, 11) is 1.70. The van der Waals surface area contributed by atoms with E-state index < -0.39 is 0 Å². The zero-order chi connectivity index (χ0) is 10.7. The number of methoxy groups -OCH3 is 1. The van der Waals surface area contributed by atoms with E-state index in [1.165, 1.54) is 5.57 Å². The van der Waals surface area contributed by atoms with E-state index in [9.17, 15) is 0 Å². The molecular formula is C11H17N3O. The second kappa shape index (κ2) is 4.49. The van der Waals surface area contributed by atoms with Gasteiger partial charge in [-0.3, -0.25) is 4.68 Å². The van der Waals surface area contributed by atoms with Gasteiger partial charge in [0.15, 0.2) is 5.75 Å². The van der Waals surface area contributed by atoms with Crippen LogP contribution in [0.4, 0.5) is 0 Å². The molecule has 0 saturated heterocycles. The van der Waals surface area contributed by atoms with Gasteiger partial charge in [-0.15, -0.1) is 0 Å². The summed E-state index contributed by atoms with van der Waals surface area (Å²) in [5.41, 5.74) is 2.48. The van der Waals surface area contributed by atoms with Crippen LogP contribution in [-0.4, -0.2) is 30.0 Å². The summed E-state index contributed by atoms with van der Waals surface area (Å²) < 4.78 is 7.33. The van der Waals surface area contributed by atoms with E-state index in [4.69, 9.17) is 4.74 Å². The molecule has 0 atom stereocenters. The second-order valence-electron chi connectivity index (χ2n) is 3.56. The minimum atomic E-state index is 0.878. The van der Waals surface area contributed by atoms with Crippen LogP contribution < -0.4 is 10.1 Å². The van der Waals surface area contributed by atoms with Gasteiger partial charge in [-0.05, 0) is 25.5 Å². The Morgan fingerprint density at radius 1 is 1.60 bits per heavy atom. The Morgan fingerprint density at radius 3 is 3.07 bits per heavy atom. The number of hydrogen-bond acceptors (Lipinski definition) is 3. The SMILES string of the molecule is CCn1ncc(OC)c1C1=CCNCC1. The molecule has 82 valence electrons. The molecule has 0 radical (unpaired) electrons. The minimum Gasteiger partial charge on any atom is -0.493 e. The topological polar surface area (TPSA) is 39.1 Å². The molecule has 0 amide bonds. The average Bonchev–Trinajstić information content (AvgIpc) is 2.72. The first-order chi connectivity index (χ1) is 7.36. The summed E-state index contributed by atoms with van der Waals surface area (Å²) in [5, 5.41) is 7.62. The summed E-state index contributed by atoms with van der Waals surface area (Å²) in [6.45, 7) is 4.94. The third-order valence-electron chi connectivity index (χ3n) is 2.69. The summed E-state index contributed by atoms with van der Waals surface area (Å²) in [6, 6.07) is 0. The van der Waals surface area contributed by atoms with Gasteiger partial charge < -0.3 is 10.1 Å². The van der Waals surface area contributed by atoms with Crippen molar-refractivity contribution in [3.05, 3.63) is 18.0 Å². The van der Waals surface area contributed by atoms with E-state index in [2.05, 4.69) is 23.4 Å². The average molecular weight is 207 g/mol. The van der Waals surface area contributed by atoms with Crippen molar-refractivity contribution in [2.45, 2.75) is 19.9 Å². The molecule has 4 heteroatoms. The van der Waals surface area contributed by atoms with Crippen LogP contribution in [0.3, 0.4) is 0 Å². The van der Waals surface area contributed by atoms with Gasteiger partial charge in [0.25, 0.3) is 0 Å². The van der Waals surface area contributed by atoms with Crippen molar-refractivity contribution in [1.29, 1.82) is 0 Å². The molecule has 1 aromatic heterocycles. The standard InChI is InChI=1S/C11H17N3O/c1-3-14-11(10(15-2)8-13-14)9-4-6-12-7-5-9/h4,8,12H,3,5-7H2,1-2H3. The molecule has 0 aliphatic carbocycles. The van der Waals surface area contributed by atoms with Gasteiger partial charge in [-0.25, -0.2) is 0 Å². The Balaban J connectivity index is 2.39. The number of nitrogens with one attached hydrogen (secondary N) is 1. The Bertz CT molecular complexity index is 346. The molecule has 1 aliphatic rings. The molecule has 4 nitrogen and oxygen atoms in total. The fourth-order valence-electron chi connectivity index (χ4n) is 1.92. The summed E-state index contributed by atoms with van der Waals surface area (Å²) in [4.78, 5) is 0. The Labute approximate surface area is 89.9 Å². The maximum Gasteiger partial charge on any atom is 0.164 e. The van der Waals surface area contributed by atoms with Crippen molar-refractivity contribution in [2.75, 3.05) is 20.2 Å². The van der Waals surface area contributed by atoms with Crippen molar-refractivity contribution in [3.8, 4) is 5.75 Å². The molecule has 1 aromatic rings. The van der Waals surface area contributed by atoms with Crippen molar-refractivity contribution < 1.29 is 4.74 Å². The number of rotatable bonds is 3. The van der Waals surface area contributed by atoms with Crippen molar-refractivity contribution >= 4 is 5.57 Å². The van der Waals surface area contributed by atoms with Crippen LogP contribution in [0.2, 0.25) is 0 Å². The summed E-state index contributed by atoms with van der Waals surface area (Å²) in [5.74, 6) is 0.880. The normalized spacial score (nSPS) is 16.3. The van der Waals surface area contributed by atoms with Gasteiger partial charge in [0, 0.05) is 13.1 Å². The molecule has 0 fully saturated rings. The maximum absolute atomic E-state index is 5.34. The highest BCUT2D eigenvalue weighted by Gasteiger charge is 2.16. The first kappa shape index (κ1) is 10.2. The lowest BCUT2D eigenvalue weighted by atomic mass is 10.1. The highest BCUT2D eigenvalue weighted by Crippen LogP contribution is 2.28. The van der Waals surface area contributed by atoms with E-state index in [0.717, 1.165) is 37.5 Å². The van der Waals surface area contributed by atoms with Gasteiger partial charge in [0.1, 0.15) is 5.69 Å². The molecule has 15 heavy (non-hydrogen) atoms. The van der Waals surface area contributed by atoms with Crippen LogP contribution >= 0.6 is 0 Å². The molecule has 2 rings (SSSR count). The second-order valence-corrected chi connectivity index (χ2v) is 3.56. The molecule has 1 N–H and O–H groups in total. The number of hydrogen-bond donors (Lipinski definition) is 1. The van der Waals surface area contributed by atoms with Crippen LogP contribution in [0.25, 0.3) is 5.57 Å². The predicted octanol–water partition coefficient (Wildman–Crippen LogP) is 1.29. The highest BCUT2D eigenvalue weighted by atomic mass is 16.5. The predicted molar refractivity (Wildman–Crippen MR) is 59.9 cm³/mol. The van der Waals surface area contributed by atoms with E-state index in [1.807, 2.05) is 4.68 Å². The molecule has 0 saturated carbocycles. The lowest BCUT2D eigenvalue weighted by molar-refractivity contribution is 0.412. The largest absolute Gasteiger partial charge is 0.493 e. The molecule has 0 unspecified atom stereocenters. The first-order valence-corrected chi connectivity index (χ1v) is 5.36.